The summed E-state index contributed by atoms with van der Waals surface area (Å²) < 4.78 is 6.07. The molecule has 5 atom stereocenters. The minimum Gasteiger partial charge on any atom is -0.481 e. The second-order valence-corrected chi connectivity index (χ2v) is 11.6. The van der Waals surface area contributed by atoms with Crippen LogP contribution in [-0.4, -0.2) is 82.7 Å². The Bertz CT molecular complexity index is 1110. The highest BCUT2D eigenvalue weighted by Crippen LogP contribution is 2.24. The third-order valence-electron chi connectivity index (χ3n) is 7.40. The van der Waals surface area contributed by atoms with Crippen molar-refractivity contribution >= 4 is 35.9 Å². The summed E-state index contributed by atoms with van der Waals surface area (Å²) in [6, 6.07) is 5.95. The second kappa shape index (κ2) is 17.3. The molecule has 1 fully saturated rings. The van der Waals surface area contributed by atoms with Crippen molar-refractivity contribution in [3.63, 3.8) is 0 Å². The number of hydrogen-bond acceptors (Lipinski definition) is 7. The number of nitrogens with zero attached hydrogens (tertiary/aromatic N) is 1. The van der Waals surface area contributed by atoms with Gasteiger partial charge in [-0.2, -0.15) is 0 Å². The highest BCUT2D eigenvalue weighted by molar-refractivity contribution is 5.95. The lowest BCUT2D eigenvalue weighted by molar-refractivity contribution is -0.143. The standard InChI is InChI=1S/C31H46N4O8/c1-6-22(17-36)32-29(40)24-15-23(43-18-21-11-8-7-9-12-21)16-35(24)31(42)28(20(4)5)34-30(41)27(19(2)3)33-25(37)13-10-14-26(38)39/h7-9,11-12,17,19-20,22-24,27-28H,6,10,13-16,18H2,1-5H3,(H,32,40)(H,33,37)(H,34,41)(H,38,39)/t22-,23+,24-,27-,28-/m0/s1. The van der Waals surface area contributed by atoms with Crippen LogP contribution in [0.25, 0.3) is 0 Å². The van der Waals surface area contributed by atoms with Crippen LogP contribution in [0.15, 0.2) is 30.3 Å². The maximum absolute atomic E-state index is 14.0. The van der Waals surface area contributed by atoms with E-state index in [1.54, 1.807) is 34.6 Å². The first-order chi connectivity index (χ1) is 20.4. The maximum atomic E-state index is 14.0. The molecule has 0 radical (unpaired) electrons. The van der Waals surface area contributed by atoms with E-state index in [2.05, 4.69) is 16.0 Å². The van der Waals surface area contributed by atoms with E-state index in [-0.39, 0.29) is 44.1 Å². The molecule has 1 aliphatic heterocycles. The van der Waals surface area contributed by atoms with Gasteiger partial charge in [-0.25, -0.2) is 0 Å². The Morgan fingerprint density at radius 2 is 1.63 bits per heavy atom. The summed E-state index contributed by atoms with van der Waals surface area (Å²) in [4.78, 5) is 76.6. The van der Waals surface area contributed by atoms with E-state index in [1.807, 2.05) is 30.3 Å². The van der Waals surface area contributed by atoms with Crippen molar-refractivity contribution < 1.29 is 38.6 Å². The van der Waals surface area contributed by atoms with Crippen LogP contribution in [-0.2, 0) is 40.1 Å². The number of carboxylic acids is 1. The van der Waals surface area contributed by atoms with Crippen LogP contribution < -0.4 is 16.0 Å². The largest absolute Gasteiger partial charge is 0.481 e. The van der Waals surface area contributed by atoms with Crippen molar-refractivity contribution in [2.75, 3.05) is 6.54 Å². The first-order valence-corrected chi connectivity index (χ1v) is 14.9. The Morgan fingerprint density at radius 1 is 0.977 bits per heavy atom. The molecular formula is C31H46N4O8. The van der Waals surface area contributed by atoms with Crippen molar-refractivity contribution in [2.45, 2.75) is 104 Å². The number of nitrogens with one attached hydrogen (secondary N) is 3. The Kier molecular flexibility index (Phi) is 14.3. The van der Waals surface area contributed by atoms with Crippen LogP contribution in [0, 0.1) is 11.8 Å². The number of carbonyl (C=O) groups excluding carboxylic acids is 5. The molecule has 238 valence electrons. The average Bonchev–Trinajstić information content (AvgIpc) is 3.40. The number of benzene rings is 1. The topological polar surface area (TPSA) is 171 Å². The lowest BCUT2D eigenvalue weighted by Gasteiger charge is -2.32. The zero-order valence-electron chi connectivity index (χ0n) is 25.7. The van der Waals surface area contributed by atoms with Crippen molar-refractivity contribution in [3.8, 4) is 0 Å². The van der Waals surface area contributed by atoms with E-state index >= 15 is 0 Å². The zero-order valence-corrected chi connectivity index (χ0v) is 25.7. The Morgan fingerprint density at radius 3 is 2.19 bits per heavy atom. The number of carboxylic acid groups (broad SMARTS) is 1. The van der Waals surface area contributed by atoms with Crippen LogP contribution in [0.2, 0.25) is 0 Å². The second-order valence-electron chi connectivity index (χ2n) is 11.6. The number of aliphatic carboxylic acids is 1. The molecule has 0 unspecified atom stereocenters. The zero-order chi connectivity index (χ0) is 32.1. The number of ether oxygens (including phenoxy) is 1. The fourth-order valence-corrected chi connectivity index (χ4v) is 4.83. The van der Waals surface area contributed by atoms with Crippen molar-refractivity contribution in [3.05, 3.63) is 35.9 Å². The molecule has 0 bridgehead atoms. The summed E-state index contributed by atoms with van der Waals surface area (Å²) in [5, 5.41) is 17.0. The molecule has 1 aliphatic rings. The van der Waals surface area contributed by atoms with Crippen LogP contribution >= 0.6 is 0 Å². The van der Waals surface area contributed by atoms with E-state index in [9.17, 15) is 28.8 Å². The first-order valence-electron chi connectivity index (χ1n) is 14.9. The first kappa shape index (κ1) is 35.4. The molecule has 1 heterocycles. The minimum absolute atomic E-state index is 0.0518. The molecule has 0 saturated carbocycles. The van der Waals surface area contributed by atoms with Gasteiger partial charge in [0.1, 0.15) is 24.4 Å². The third kappa shape index (κ3) is 11.1. The minimum atomic E-state index is -1.01. The van der Waals surface area contributed by atoms with Crippen LogP contribution in [0.3, 0.4) is 0 Å². The molecule has 12 heteroatoms. The van der Waals surface area contributed by atoms with Crippen LogP contribution in [0.1, 0.15) is 72.3 Å². The highest BCUT2D eigenvalue weighted by Gasteiger charge is 2.44. The van der Waals surface area contributed by atoms with Gasteiger partial charge in [0.25, 0.3) is 0 Å². The molecular weight excluding hydrogens is 556 g/mol. The summed E-state index contributed by atoms with van der Waals surface area (Å²) in [5.41, 5.74) is 0.942. The third-order valence-corrected chi connectivity index (χ3v) is 7.40. The normalized spacial score (nSPS) is 18.5. The van der Waals surface area contributed by atoms with Gasteiger partial charge in [0, 0.05) is 25.8 Å². The van der Waals surface area contributed by atoms with Crippen molar-refractivity contribution in [2.24, 2.45) is 11.8 Å². The predicted octanol–water partition coefficient (Wildman–Crippen LogP) is 1.80. The fourth-order valence-electron chi connectivity index (χ4n) is 4.83. The number of rotatable bonds is 17. The molecule has 0 aliphatic carbocycles. The van der Waals surface area contributed by atoms with Crippen molar-refractivity contribution in [1.82, 2.24) is 20.9 Å². The molecule has 12 nitrogen and oxygen atoms in total. The molecule has 4 amide bonds. The predicted molar refractivity (Wildman–Crippen MR) is 158 cm³/mol. The number of amides is 4. The number of hydrogen-bond donors (Lipinski definition) is 4. The molecule has 0 spiro atoms. The molecule has 1 aromatic rings. The number of likely N-dealkylation sites (tertiary alicyclic amines) is 1. The SMILES string of the molecule is CC[C@@H](C=O)NC(=O)[C@@H]1C[C@@H](OCc2ccccc2)CN1C(=O)[C@@H](NC(=O)[C@@H](NC(=O)CCCC(=O)O)C(C)C)C(C)C. The number of aldehydes is 1. The van der Waals surface area contributed by atoms with E-state index in [0.717, 1.165) is 5.56 Å². The molecule has 43 heavy (non-hydrogen) atoms. The van der Waals surface area contributed by atoms with Gasteiger partial charge < -0.3 is 35.5 Å². The summed E-state index contributed by atoms with van der Waals surface area (Å²) in [5.74, 6) is -3.65. The van der Waals surface area contributed by atoms with Gasteiger partial charge >= 0.3 is 5.97 Å². The van der Waals surface area contributed by atoms with Gasteiger partial charge in [0.2, 0.25) is 23.6 Å². The molecule has 4 N–H and O–H groups in total. The smallest absolute Gasteiger partial charge is 0.303 e. The number of carbonyl (C=O) groups is 6. The molecule has 0 aromatic heterocycles. The average molecular weight is 603 g/mol. The van der Waals surface area contributed by atoms with E-state index in [1.165, 1.54) is 4.90 Å². The van der Waals surface area contributed by atoms with E-state index in [0.29, 0.717) is 19.3 Å². The van der Waals surface area contributed by atoms with E-state index in [4.69, 9.17) is 9.84 Å². The molecule has 1 aromatic carbocycles. The fraction of sp³-hybridized carbons (Fsp3) is 0.613. The lowest BCUT2D eigenvalue weighted by Crippen LogP contribution is -2.59. The van der Waals surface area contributed by atoms with Crippen molar-refractivity contribution in [1.29, 1.82) is 0 Å². The van der Waals surface area contributed by atoms with Gasteiger partial charge in [-0.05, 0) is 30.2 Å². The Balaban J connectivity index is 2.21. The lowest BCUT2D eigenvalue weighted by atomic mass is 9.98. The summed E-state index contributed by atoms with van der Waals surface area (Å²) >= 11 is 0. The highest BCUT2D eigenvalue weighted by atomic mass is 16.5. The van der Waals surface area contributed by atoms with Gasteiger partial charge in [-0.15, -0.1) is 0 Å². The Labute approximate surface area is 253 Å². The van der Waals surface area contributed by atoms with Gasteiger partial charge in [-0.3, -0.25) is 24.0 Å². The van der Waals surface area contributed by atoms with Gasteiger partial charge in [0.15, 0.2) is 0 Å². The van der Waals surface area contributed by atoms with Crippen LogP contribution in [0.4, 0.5) is 0 Å². The summed E-state index contributed by atoms with van der Waals surface area (Å²) in [6.07, 6.45) is 0.740. The molecule has 2 rings (SSSR count). The summed E-state index contributed by atoms with van der Waals surface area (Å²) in [6.45, 7) is 9.22. The quantitative estimate of drug-likeness (QED) is 0.196. The van der Waals surface area contributed by atoms with Crippen LogP contribution in [0.5, 0.6) is 0 Å². The van der Waals surface area contributed by atoms with Gasteiger partial charge in [-0.1, -0.05) is 65.0 Å². The van der Waals surface area contributed by atoms with E-state index < -0.39 is 59.9 Å². The van der Waals surface area contributed by atoms with Gasteiger partial charge in [0.05, 0.1) is 18.8 Å². The Hall–Kier alpha value is -3.80. The maximum Gasteiger partial charge on any atom is 0.303 e. The monoisotopic (exact) mass is 602 g/mol. The molecule has 1 saturated heterocycles. The summed E-state index contributed by atoms with van der Waals surface area (Å²) in [7, 11) is 0.